The van der Waals surface area contributed by atoms with Crippen molar-refractivity contribution < 1.29 is 18.8 Å². The largest absolute Gasteiger partial charge is 0.352 e. The lowest BCUT2D eigenvalue weighted by Crippen LogP contribution is -2.51. The zero-order valence-corrected chi connectivity index (χ0v) is 22.7. The van der Waals surface area contributed by atoms with Gasteiger partial charge in [0.15, 0.2) is 11.6 Å². The molecule has 0 unspecified atom stereocenters. The van der Waals surface area contributed by atoms with E-state index in [2.05, 4.69) is 5.32 Å². The maximum absolute atomic E-state index is 14.7. The number of carbonyl (C=O) groups excluding carboxylic acids is 3. The highest BCUT2D eigenvalue weighted by Gasteiger charge is 2.70. The van der Waals surface area contributed by atoms with E-state index in [0.717, 1.165) is 16.8 Å². The summed E-state index contributed by atoms with van der Waals surface area (Å²) in [7, 11) is 0. The molecule has 3 aliphatic heterocycles. The molecule has 1 amide bonds. The Morgan fingerprint density at radius 3 is 2.34 bits per heavy atom. The van der Waals surface area contributed by atoms with Crippen LogP contribution in [-0.2, 0) is 10.2 Å². The molecule has 41 heavy (non-hydrogen) atoms. The topological polar surface area (TPSA) is 66.5 Å². The SMILES string of the molecule is CC1=C[C@@H]2N(c3ccccc31)[C@H](C(=O)c1ccccc1Cl)[C@H](C(=O)c1ccc(F)cc1)[C@@]21C(=O)Nc2ccccc21. The Morgan fingerprint density at radius 2 is 1.56 bits per heavy atom. The molecule has 4 aromatic carbocycles. The van der Waals surface area contributed by atoms with E-state index >= 15 is 0 Å². The van der Waals surface area contributed by atoms with E-state index in [1.165, 1.54) is 24.3 Å². The van der Waals surface area contributed by atoms with Crippen LogP contribution in [0.2, 0.25) is 5.02 Å². The van der Waals surface area contributed by atoms with Gasteiger partial charge in [-0.3, -0.25) is 14.4 Å². The predicted octanol–water partition coefficient (Wildman–Crippen LogP) is 6.73. The first-order valence-electron chi connectivity index (χ1n) is 13.4. The summed E-state index contributed by atoms with van der Waals surface area (Å²) in [4.78, 5) is 45.7. The third-order valence-corrected chi connectivity index (χ3v) is 9.03. The van der Waals surface area contributed by atoms with Crippen LogP contribution in [0.4, 0.5) is 15.8 Å². The van der Waals surface area contributed by atoms with Crippen LogP contribution in [0.25, 0.3) is 5.57 Å². The number of ketones is 2. The number of fused-ring (bicyclic) bond motifs is 6. The summed E-state index contributed by atoms with van der Waals surface area (Å²) in [5, 5.41) is 3.27. The molecule has 3 aliphatic rings. The molecule has 1 saturated heterocycles. The van der Waals surface area contributed by atoms with Crippen molar-refractivity contribution in [3.63, 3.8) is 0 Å². The van der Waals surface area contributed by atoms with Crippen molar-refractivity contribution in [2.45, 2.75) is 24.4 Å². The van der Waals surface area contributed by atoms with Gasteiger partial charge in [-0.2, -0.15) is 0 Å². The minimum Gasteiger partial charge on any atom is -0.352 e. The van der Waals surface area contributed by atoms with Crippen LogP contribution in [0.15, 0.2) is 103 Å². The van der Waals surface area contributed by atoms with Crippen LogP contribution in [0.5, 0.6) is 0 Å². The summed E-state index contributed by atoms with van der Waals surface area (Å²) in [6.07, 6.45) is 1.99. The van der Waals surface area contributed by atoms with Gasteiger partial charge in [0.25, 0.3) is 0 Å². The van der Waals surface area contributed by atoms with Crippen molar-refractivity contribution in [1.82, 2.24) is 0 Å². The third-order valence-electron chi connectivity index (χ3n) is 8.70. The van der Waals surface area contributed by atoms with Crippen molar-refractivity contribution in [2.24, 2.45) is 5.92 Å². The monoisotopic (exact) mass is 562 g/mol. The number of benzene rings is 4. The Hall–Kier alpha value is -4.55. The average molecular weight is 563 g/mol. The normalized spacial score (nSPS) is 23.9. The first-order chi connectivity index (χ1) is 19.8. The Bertz CT molecular complexity index is 1800. The minimum atomic E-state index is -1.45. The zero-order chi connectivity index (χ0) is 28.5. The first-order valence-corrected chi connectivity index (χ1v) is 13.8. The molecular formula is C34H24ClFN2O3. The van der Waals surface area contributed by atoms with Gasteiger partial charge in [0.05, 0.1) is 17.0 Å². The summed E-state index contributed by atoms with van der Waals surface area (Å²) in [5.41, 5.74) is 2.91. The lowest BCUT2D eigenvalue weighted by atomic mass is 9.64. The van der Waals surface area contributed by atoms with E-state index in [4.69, 9.17) is 11.6 Å². The molecular weight excluding hydrogens is 539 g/mol. The highest BCUT2D eigenvalue weighted by Crippen LogP contribution is 2.59. The molecule has 0 radical (unpaired) electrons. The summed E-state index contributed by atoms with van der Waals surface area (Å²) in [6.45, 7) is 1.97. The molecule has 5 nitrogen and oxygen atoms in total. The van der Waals surface area contributed by atoms with Gasteiger partial charge in [0, 0.05) is 28.1 Å². The van der Waals surface area contributed by atoms with Gasteiger partial charge >= 0.3 is 0 Å². The lowest BCUT2D eigenvalue weighted by molar-refractivity contribution is -0.121. The standard InChI is InChI=1S/C34H24ClFN2O3/c1-19-18-28-34(24-10-4-6-12-26(24)37-33(34)41)29(31(39)20-14-16-21(36)17-15-20)30(32(40)23-9-2-5-11-25(23)35)38(28)27-13-7-3-8-22(19)27/h2-18,28-30H,1H3,(H,37,41)/t28-,29+,30-,34-/m0/s1. The van der Waals surface area contributed by atoms with Crippen molar-refractivity contribution in [3.8, 4) is 0 Å². The van der Waals surface area contributed by atoms with Crippen molar-refractivity contribution >= 4 is 46.0 Å². The molecule has 1 N–H and O–H groups in total. The number of para-hydroxylation sites is 2. The fourth-order valence-corrected chi connectivity index (χ4v) is 7.23. The van der Waals surface area contributed by atoms with Crippen LogP contribution in [0.1, 0.15) is 38.8 Å². The van der Waals surface area contributed by atoms with E-state index in [-0.39, 0.29) is 27.8 Å². The molecule has 7 heteroatoms. The first kappa shape index (κ1) is 25.4. The van der Waals surface area contributed by atoms with Crippen LogP contribution >= 0.6 is 11.6 Å². The van der Waals surface area contributed by atoms with E-state index in [9.17, 15) is 18.8 Å². The Morgan fingerprint density at radius 1 is 0.878 bits per heavy atom. The predicted molar refractivity (Wildman–Crippen MR) is 157 cm³/mol. The molecule has 3 heterocycles. The zero-order valence-electron chi connectivity index (χ0n) is 22.0. The van der Waals surface area contributed by atoms with Crippen LogP contribution in [0, 0.1) is 11.7 Å². The molecule has 0 aromatic heterocycles. The van der Waals surface area contributed by atoms with E-state index in [1.54, 1.807) is 24.3 Å². The Labute approximate surface area is 241 Å². The number of carbonyl (C=O) groups is 3. The number of Topliss-reactive ketones (excluding diaryl/α,β-unsaturated/α-hetero) is 2. The highest BCUT2D eigenvalue weighted by molar-refractivity contribution is 6.34. The number of anilines is 2. The Kier molecular flexibility index (Phi) is 5.73. The number of nitrogens with one attached hydrogen (secondary N) is 1. The smallest absolute Gasteiger partial charge is 0.238 e. The molecule has 0 bridgehead atoms. The van der Waals surface area contributed by atoms with E-state index in [1.807, 2.05) is 66.4 Å². The molecule has 4 atom stereocenters. The van der Waals surface area contributed by atoms with Gasteiger partial charge in [0.1, 0.15) is 17.3 Å². The number of hydrogen-bond acceptors (Lipinski definition) is 4. The van der Waals surface area contributed by atoms with Crippen LogP contribution in [0.3, 0.4) is 0 Å². The number of halogens is 2. The number of rotatable bonds is 4. The molecule has 0 saturated carbocycles. The maximum atomic E-state index is 14.7. The fourth-order valence-electron chi connectivity index (χ4n) is 7.00. The molecule has 1 spiro atoms. The second kappa shape index (κ2) is 9.25. The van der Waals surface area contributed by atoms with Crippen molar-refractivity contribution in [3.05, 3.63) is 136 Å². The highest BCUT2D eigenvalue weighted by atomic mass is 35.5. The number of hydrogen-bond donors (Lipinski definition) is 1. The molecule has 4 aromatic rings. The van der Waals surface area contributed by atoms with Gasteiger partial charge in [0.2, 0.25) is 5.91 Å². The molecule has 202 valence electrons. The Balaban J connectivity index is 1.57. The van der Waals surface area contributed by atoms with Crippen molar-refractivity contribution in [2.75, 3.05) is 10.2 Å². The molecule has 1 fully saturated rings. The molecule has 0 aliphatic carbocycles. The van der Waals surface area contributed by atoms with Gasteiger partial charge in [-0.15, -0.1) is 0 Å². The number of allylic oxidation sites excluding steroid dienone is 1. The second-order valence-electron chi connectivity index (χ2n) is 10.7. The average Bonchev–Trinajstić information content (AvgIpc) is 3.45. The number of amides is 1. The van der Waals surface area contributed by atoms with Crippen LogP contribution in [-0.4, -0.2) is 29.6 Å². The summed E-state index contributed by atoms with van der Waals surface area (Å²) in [6, 6.07) is 25.3. The summed E-state index contributed by atoms with van der Waals surface area (Å²) < 4.78 is 13.9. The fraction of sp³-hybridized carbons (Fsp3) is 0.147. The third kappa shape index (κ3) is 3.50. The van der Waals surface area contributed by atoms with Crippen LogP contribution < -0.4 is 10.2 Å². The van der Waals surface area contributed by atoms with Gasteiger partial charge in [-0.1, -0.05) is 66.2 Å². The van der Waals surface area contributed by atoms with Crippen molar-refractivity contribution in [1.29, 1.82) is 0 Å². The van der Waals surface area contributed by atoms with Gasteiger partial charge in [-0.05, 0) is 66.6 Å². The van der Waals surface area contributed by atoms with E-state index in [0.29, 0.717) is 11.3 Å². The lowest BCUT2D eigenvalue weighted by Gasteiger charge is -2.39. The summed E-state index contributed by atoms with van der Waals surface area (Å²) in [5.74, 6) is -2.77. The quantitative estimate of drug-likeness (QED) is 0.280. The number of nitrogens with zero attached hydrogens (tertiary/aromatic N) is 1. The minimum absolute atomic E-state index is 0.221. The van der Waals surface area contributed by atoms with E-state index < -0.39 is 35.0 Å². The molecule has 7 rings (SSSR count). The van der Waals surface area contributed by atoms with Gasteiger partial charge < -0.3 is 10.2 Å². The summed E-state index contributed by atoms with van der Waals surface area (Å²) >= 11 is 6.56. The second-order valence-corrected chi connectivity index (χ2v) is 11.1. The maximum Gasteiger partial charge on any atom is 0.238 e. The van der Waals surface area contributed by atoms with Gasteiger partial charge in [-0.25, -0.2) is 4.39 Å².